The molecular formula is C24H22N2O3. The van der Waals surface area contributed by atoms with E-state index in [-0.39, 0.29) is 17.3 Å². The molecule has 4 rings (SSSR count). The van der Waals surface area contributed by atoms with E-state index in [0.29, 0.717) is 29.8 Å². The fourth-order valence-corrected chi connectivity index (χ4v) is 3.82. The van der Waals surface area contributed by atoms with Gasteiger partial charge in [0.25, 0.3) is 11.5 Å². The fourth-order valence-electron chi connectivity index (χ4n) is 3.82. The molecule has 0 fully saturated rings. The average Bonchev–Trinajstić information content (AvgIpc) is 2.70. The van der Waals surface area contributed by atoms with Crippen molar-refractivity contribution in [2.24, 2.45) is 0 Å². The molecule has 29 heavy (non-hydrogen) atoms. The van der Waals surface area contributed by atoms with Gasteiger partial charge in [-0.15, -0.1) is 0 Å². The van der Waals surface area contributed by atoms with Crippen molar-refractivity contribution >= 4 is 17.4 Å². The Morgan fingerprint density at radius 1 is 1.00 bits per heavy atom. The number of Topliss-reactive ketones (excluding diaryl/α,β-unsaturated/α-hetero) is 1. The maximum absolute atomic E-state index is 12.8. The normalized spacial score (nSPS) is 15.7. The molecule has 1 heterocycles. The van der Waals surface area contributed by atoms with Crippen molar-refractivity contribution in [1.82, 2.24) is 4.98 Å². The zero-order valence-electron chi connectivity index (χ0n) is 16.4. The quantitative estimate of drug-likeness (QED) is 0.709. The molecular weight excluding hydrogens is 364 g/mol. The van der Waals surface area contributed by atoms with E-state index < -0.39 is 11.5 Å². The Balaban J connectivity index is 1.64. The van der Waals surface area contributed by atoms with Crippen LogP contribution in [0.3, 0.4) is 0 Å². The summed E-state index contributed by atoms with van der Waals surface area (Å²) in [5, 5.41) is 2.79. The van der Waals surface area contributed by atoms with Crippen LogP contribution in [0.5, 0.6) is 0 Å². The highest BCUT2D eigenvalue weighted by atomic mass is 16.2. The Kier molecular flexibility index (Phi) is 4.89. The number of benzene rings is 2. The highest BCUT2D eigenvalue weighted by Gasteiger charge is 2.28. The van der Waals surface area contributed by atoms with Gasteiger partial charge in [-0.25, -0.2) is 0 Å². The molecule has 1 aliphatic rings. The summed E-state index contributed by atoms with van der Waals surface area (Å²) in [5.74, 6) is -0.542. The van der Waals surface area contributed by atoms with Gasteiger partial charge in [0.05, 0.1) is 0 Å². The highest BCUT2D eigenvalue weighted by molar-refractivity contribution is 6.07. The number of ketones is 1. The van der Waals surface area contributed by atoms with E-state index in [1.165, 1.54) is 6.07 Å². The van der Waals surface area contributed by atoms with Gasteiger partial charge in [-0.05, 0) is 55.0 Å². The molecule has 0 aliphatic heterocycles. The van der Waals surface area contributed by atoms with Crippen LogP contribution in [-0.2, 0) is 6.42 Å². The monoisotopic (exact) mass is 386 g/mol. The third-order valence-electron chi connectivity index (χ3n) is 5.46. The first-order valence-corrected chi connectivity index (χ1v) is 9.65. The van der Waals surface area contributed by atoms with E-state index in [2.05, 4.69) is 10.3 Å². The zero-order chi connectivity index (χ0) is 20.5. The number of hydrogen-bond donors (Lipinski definition) is 2. The number of aromatic amines is 1. The van der Waals surface area contributed by atoms with E-state index in [9.17, 15) is 14.4 Å². The van der Waals surface area contributed by atoms with Crippen LogP contribution in [0, 0.1) is 13.8 Å². The van der Waals surface area contributed by atoms with Crippen LogP contribution in [0.4, 0.5) is 5.69 Å². The van der Waals surface area contributed by atoms with Crippen LogP contribution < -0.4 is 10.9 Å². The molecule has 3 aromatic rings. The number of aryl methyl sites for hydroxylation is 2. The van der Waals surface area contributed by atoms with Crippen LogP contribution in [0.25, 0.3) is 0 Å². The van der Waals surface area contributed by atoms with Crippen LogP contribution in [0.1, 0.15) is 55.4 Å². The second-order valence-electron chi connectivity index (χ2n) is 7.62. The molecule has 0 unspecified atom stereocenters. The first-order valence-electron chi connectivity index (χ1n) is 9.65. The number of aromatic nitrogens is 1. The van der Waals surface area contributed by atoms with E-state index >= 15 is 0 Å². The lowest BCUT2D eigenvalue weighted by atomic mass is 9.81. The summed E-state index contributed by atoms with van der Waals surface area (Å²) in [6.07, 6.45) is 0.931. The molecule has 1 aliphatic carbocycles. The minimum absolute atomic E-state index is 0.0291. The Hall–Kier alpha value is -3.47. The number of anilines is 1. The second-order valence-corrected chi connectivity index (χ2v) is 7.62. The molecule has 1 atom stereocenters. The molecule has 0 bridgehead atoms. The SMILES string of the molecule is Cc1ccc(C)c(NC(=O)c2cc3c([nH]c2=O)C[C@H](c2ccccc2)CC3=O)c1. The first kappa shape index (κ1) is 18.9. The Morgan fingerprint density at radius 3 is 2.52 bits per heavy atom. The van der Waals surface area contributed by atoms with Crippen molar-refractivity contribution in [3.8, 4) is 0 Å². The van der Waals surface area contributed by atoms with Gasteiger partial charge in [-0.2, -0.15) is 0 Å². The molecule has 146 valence electrons. The van der Waals surface area contributed by atoms with Crippen LogP contribution >= 0.6 is 0 Å². The third kappa shape index (κ3) is 3.76. The van der Waals surface area contributed by atoms with E-state index in [4.69, 9.17) is 0 Å². The molecule has 5 nitrogen and oxygen atoms in total. The van der Waals surface area contributed by atoms with Gasteiger partial charge in [0, 0.05) is 23.4 Å². The van der Waals surface area contributed by atoms with Gasteiger partial charge < -0.3 is 10.3 Å². The van der Waals surface area contributed by atoms with E-state index in [1.807, 2.05) is 62.4 Å². The summed E-state index contributed by atoms with van der Waals surface area (Å²) in [6.45, 7) is 3.82. The average molecular weight is 386 g/mol. The molecule has 2 N–H and O–H groups in total. The number of carbonyl (C=O) groups excluding carboxylic acids is 2. The van der Waals surface area contributed by atoms with Crippen molar-refractivity contribution in [2.75, 3.05) is 5.32 Å². The lowest BCUT2D eigenvalue weighted by Gasteiger charge is -2.24. The van der Waals surface area contributed by atoms with Crippen LogP contribution in [0.15, 0.2) is 59.4 Å². The van der Waals surface area contributed by atoms with Gasteiger partial charge in [-0.1, -0.05) is 42.5 Å². The van der Waals surface area contributed by atoms with Gasteiger partial charge in [-0.3, -0.25) is 14.4 Å². The lowest BCUT2D eigenvalue weighted by molar-refractivity contribution is 0.0963. The van der Waals surface area contributed by atoms with Gasteiger partial charge in [0.1, 0.15) is 5.56 Å². The van der Waals surface area contributed by atoms with Gasteiger partial charge in [0.2, 0.25) is 0 Å². The summed E-state index contributed by atoms with van der Waals surface area (Å²) in [6, 6.07) is 17.0. The molecule has 0 saturated heterocycles. The summed E-state index contributed by atoms with van der Waals surface area (Å²) in [4.78, 5) is 40.9. The number of H-pyrrole nitrogens is 1. The van der Waals surface area contributed by atoms with Crippen molar-refractivity contribution in [1.29, 1.82) is 0 Å². The van der Waals surface area contributed by atoms with Crippen LogP contribution in [-0.4, -0.2) is 16.7 Å². The van der Waals surface area contributed by atoms with E-state index in [0.717, 1.165) is 16.7 Å². The number of nitrogens with one attached hydrogen (secondary N) is 2. The summed E-state index contributed by atoms with van der Waals surface area (Å²) < 4.78 is 0. The topological polar surface area (TPSA) is 79.0 Å². The fraction of sp³-hybridized carbons (Fsp3) is 0.208. The van der Waals surface area contributed by atoms with Gasteiger partial charge >= 0.3 is 0 Å². The Morgan fingerprint density at radius 2 is 1.76 bits per heavy atom. The number of fused-ring (bicyclic) bond motifs is 1. The van der Waals surface area contributed by atoms with Crippen molar-refractivity contribution in [2.45, 2.75) is 32.6 Å². The summed E-state index contributed by atoms with van der Waals surface area (Å²) in [7, 11) is 0. The van der Waals surface area contributed by atoms with E-state index in [1.54, 1.807) is 0 Å². The molecule has 1 aromatic heterocycles. The summed E-state index contributed by atoms with van der Waals surface area (Å²) >= 11 is 0. The van der Waals surface area contributed by atoms with Crippen molar-refractivity contribution in [3.05, 3.63) is 98.5 Å². The lowest BCUT2D eigenvalue weighted by Crippen LogP contribution is -2.29. The smallest absolute Gasteiger partial charge is 0.261 e. The van der Waals surface area contributed by atoms with Gasteiger partial charge in [0.15, 0.2) is 5.78 Å². The van der Waals surface area contributed by atoms with Crippen molar-refractivity contribution in [3.63, 3.8) is 0 Å². The summed E-state index contributed by atoms with van der Waals surface area (Å²) in [5.41, 5.74) is 4.15. The Labute approximate surface area is 168 Å². The number of pyridine rings is 1. The third-order valence-corrected chi connectivity index (χ3v) is 5.46. The number of amides is 1. The maximum Gasteiger partial charge on any atom is 0.261 e. The standard InChI is InChI=1S/C24H22N2O3/c1-14-8-9-15(2)20(10-14)25-23(28)19-13-18-21(26-24(19)29)11-17(12-22(18)27)16-6-4-3-5-7-16/h3-10,13,17H,11-12H2,1-2H3,(H,25,28)(H,26,29)/t17-/m0/s1. The predicted molar refractivity (Wildman–Crippen MR) is 113 cm³/mol. The number of hydrogen-bond acceptors (Lipinski definition) is 3. The maximum atomic E-state index is 12.8. The van der Waals surface area contributed by atoms with Crippen LogP contribution in [0.2, 0.25) is 0 Å². The molecule has 2 aromatic carbocycles. The zero-order valence-corrected chi connectivity index (χ0v) is 16.4. The molecule has 0 spiro atoms. The minimum Gasteiger partial charge on any atom is -0.325 e. The highest BCUT2D eigenvalue weighted by Crippen LogP contribution is 2.31. The predicted octanol–water partition coefficient (Wildman–Crippen LogP) is 4.16. The second kappa shape index (κ2) is 7.51. The molecule has 1 amide bonds. The molecule has 0 radical (unpaired) electrons. The molecule has 5 heteroatoms. The first-order chi connectivity index (χ1) is 13.9. The van der Waals surface area contributed by atoms with Crippen molar-refractivity contribution < 1.29 is 9.59 Å². The minimum atomic E-state index is -0.513. The molecule has 0 saturated carbocycles. The Bertz CT molecular complexity index is 1160. The number of rotatable bonds is 3. The number of carbonyl (C=O) groups is 2. The largest absolute Gasteiger partial charge is 0.325 e.